The molecule has 0 aliphatic carbocycles. The Morgan fingerprint density at radius 3 is 2.33 bits per heavy atom. The third-order valence-corrected chi connectivity index (χ3v) is 4.31. The van der Waals surface area contributed by atoms with Crippen molar-refractivity contribution in [1.82, 2.24) is 0 Å². The van der Waals surface area contributed by atoms with Crippen molar-refractivity contribution in [2.45, 2.75) is 13.5 Å². The Morgan fingerprint density at radius 1 is 0.867 bits per heavy atom. The molecule has 3 rings (SSSR count). The molecule has 156 valence electrons. The van der Waals surface area contributed by atoms with Gasteiger partial charge in [-0.3, -0.25) is 4.79 Å². The van der Waals surface area contributed by atoms with Gasteiger partial charge in [-0.05, 0) is 61.0 Å². The minimum atomic E-state index is -0.232. The second-order valence-electron chi connectivity index (χ2n) is 6.50. The SMILES string of the molecule is CCOc1ccc(NCc2ccc(OCC(=O)Nc3ccccc3)c(OC)c2)cc1. The molecule has 0 fully saturated rings. The van der Waals surface area contributed by atoms with Gasteiger partial charge in [-0.25, -0.2) is 0 Å². The number of ether oxygens (including phenoxy) is 3. The molecule has 2 N–H and O–H groups in total. The Kier molecular flexibility index (Phi) is 7.55. The van der Waals surface area contributed by atoms with Crippen molar-refractivity contribution in [3.8, 4) is 17.2 Å². The average molecular weight is 406 g/mol. The maximum Gasteiger partial charge on any atom is 0.262 e. The molecule has 6 heteroatoms. The lowest BCUT2D eigenvalue weighted by molar-refractivity contribution is -0.118. The van der Waals surface area contributed by atoms with Gasteiger partial charge in [0.25, 0.3) is 5.91 Å². The zero-order valence-corrected chi connectivity index (χ0v) is 17.2. The first-order valence-electron chi connectivity index (χ1n) is 9.79. The van der Waals surface area contributed by atoms with Crippen LogP contribution in [0.25, 0.3) is 0 Å². The van der Waals surface area contributed by atoms with Crippen molar-refractivity contribution >= 4 is 17.3 Å². The number of hydrogen-bond acceptors (Lipinski definition) is 5. The second kappa shape index (κ2) is 10.8. The van der Waals surface area contributed by atoms with Gasteiger partial charge in [-0.1, -0.05) is 24.3 Å². The van der Waals surface area contributed by atoms with Crippen molar-refractivity contribution in [2.75, 3.05) is 31.0 Å². The Labute approximate surface area is 176 Å². The molecule has 0 aliphatic rings. The maximum absolute atomic E-state index is 12.1. The monoisotopic (exact) mass is 406 g/mol. The largest absolute Gasteiger partial charge is 0.494 e. The fourth-order valence-electron chi connectivity index (χ4n) is 2.84. The third-order valence-electron chi connectivity index (χ3n) is 4.31. The predicted octanol–water partition coefficient (Wildman–Crippen LogP) is 4.72. The molecule has 0 aliphatic heterocycles. The number of nitrogens with one attached hydrogen (secondary N) is 2. The van der Waals surface area contributed by atoms with Crippen LogP contribution in [0.15, 0.2) is 72.8 Å². The van der Waals surface area contributed by atoms with Gasteiger partial charge in [0.1, 0.15) is 5.75 Å². The minimum absolute atomic E-state index is 0.102. The number of rotatable bonds is 10. The van der Waals surface area contributed by atoms with Crippen molar-refractivity contribution < 1.29 is 19.0 Å². The summed E-state index contributed by atoms with van der Waals surface area (Å²) in [6.07, 6.45) is 0. The molecule has 3 aromatic rings. The predicted molar refractivity (Wildman–Crippen MR) is 118 cm³/mol. The zero-order chi connectivity index (χ0) is 21.2. The average Bonchev–Trinajstić information content (AvgIpc) is 2.78. The second-order valence-corrected chi connectivity index (χ2v) is 6.50. The normalized spacial score (nSPS) is 10.2. The molecule has 6 nitrogen and oxygen atoms in total. The number of carbonyl (C=O) groups is 1. The Morgan fingerprint density at radius 2 is 1.63 bits per heavy atom. The summed E-state index contributed by atoms with van der Waals surface area (Å²) in [6, 6.07) is 22.7. The number of amides is 1. The molecular weight excluding hydrogens is 380 g/mol. The summed E-state index contributed by atoms with van der Waals surface area (Å²) in [5.74, 6) is 1.71. The van der Waals surface area contributed by atoms with E-state index in [2.05, 4.69) is 10.6 Å². The van der Waals surface area contributed by atoms with Gasteiger partial charge in [0, 0.05) is 17.9 Å². The molecule has 0 radical (unpaired) electrons. The number of para-hydroxylation sites is 1. The highest BCUT2D eigenvalue weighted by Crippen LogP contribution is 2.28. The molecule has 0 saturated carbocycles. The van der Waals surface area contributed by atoms with Crippen LogP contribution in [-0.4, -0.2) is 26.2 Å². The first-order chi connectivity index (χ1) is 14.7. The van der Waals surface area contributed by atoms with Crippen molar-refractivity contribution in [3.05, 3.63) is 78.4 Å². The van der Waals surface area contributed by atoms with Crippen molar-refractivity contribution in [3.63, 3.8) is 0 Å². The van der Waals surface area contributed by atoms with E-state index in [4.69, 9.17) is 14.2 Å². The fraction of sp³-hybridized carbons (Fsp3) is 0.208. The van der Waals surface area contributed by atoms with E-state index in [0.717, 1.165) is 22.7 Å². The van der Waals surface area contributed by atoms with E-state index in [0.29, 0.717) is 24.7 Å². The Bertz CT molecular complexity index is 943. The van der Waals surface area contributed by atoms with Crippen LogP contribution in [-0.2, 0) is 11.3 Å². The van der Waals surface area contributed by atoms with Crippen LogP contribution >= 0.6 is 0 Å². The number of methoxy groups -OCH3 is 1. The highest BCUT2D eigenvalue weighted by Gasteiger charge is 2.09. The van der Waals surface area contributed by atoms with E-state index in [1.165, 1.54) is 0 Å². The summed E-state index contributed by atoms with van der Waals surface area (Å²) < 4.78 is 16.5. The van der Waals surface area contributed by atoms with Crippen LogP contribution < -0.4 is 24.8 Å². The quantitative estimate of drug-likeness (QED) is 0.510. The molecule has 0 aromatic heterocycles. The summed E-state index contributed by atoms with van der Waals surface area (Å²) in [5, 5.41) is 6.15. The molecule has 0 unspecified atom stereocenters. The van der Waals surface area contributed by atoms with E-state index in [1.54, 1.807) is 7.11 Å². The fourth-order valence-corrected chi connectivity index (χ4v) is 2.84. The molecule has 0 heterocycles. The first kappa shape index (κ1) is 21.0. The summed E-state index contributed by atoms with van der Waals surface area (Å²) in [6.45, 7) is 3.13. The Hall–Kier alpha value is -3.67. The van der Waals surface area contributed by atoms with Gasteiger partial charge in [0.15, 0.2) is 18.1 Å². The lowest BCUT2D eigenvalue weighted by atomic mass is 10.2. The zero-order valence-electron chi connectivity index (χ0n) is 17.2. The lowest BCUT2D eigenvalue weighted by Gasteiger charge is -2.13. The van der Waals surface area contributed by atoms with E-state index in [9.17, 15) is 4.79 Å². The molecule has 0 spiro atoms. The van der Waals surface area contributed by atoms with Crippen LogP contribution in [0.2, 0.25) is 0 Å². The highest BCUT2D eigenvalue weighted by molar-refractivity contribution is 5.91. The van der Waals surface area contributed by atoms with Crippen LogP contribution in [0.4, 0.5) is 11.4 Å². The van der Waals surface area contributed by atoms with Crippen molar-refractivity contribution in [2.24, 2.45) is 0 Å². The number of hydrogen-bond donors (Lipinski definition) is 2. The van der Waals surface area contributed by atoms with Crippen LogP contribution in [0.1, 0.15) is 12.5 Å². The highest BCUT2D eigenvalue weighted by atomic mass is 16.5. The maximum atomic E-state index is 12.1. The number of carbonyl (C=O) groups excluding carboxylic acids is 1. The molecule has 0 bridgehead atoms. The van der Waals surface area contributed by atoms with Crippen LogP contribution in [0.3, 0.4) is 0 Å². The summed E-state index contributed by atoms with van der Waals surface area (Å²) in [4.78, 5) is 12.1. The molecule has 0 saturated heterocycles. The number of anilines is 2. The van der Waals surface area contributed by atoms with Gasteiger partial charge in [0.2, 0.25) is 0 Å². The minimum Gasteiger partial charge on any atom is -0.494 e. The summed E-state index contributed by atoms with van der Waals surface area (Å²) in [7, 11) is 1.58. The molecule has 30 heavy (non-hydrogen) atoms. The first-order valence-corrected chi connectivity index (χ1v) is 9.79. The molecular formula is C24H26N2O4. The van der Waals surface area contributed by atoms with Gasteiger partial charge in [0.05, 0.1) is 13.7 Å². The standard InChI is InChI=1S/C24H26N2O4/c1-3-29-21-12-10-19(11-13-21)25-16-18-9-14-22(23(15-18)28-2)30-17-24(27)26-20-7-5-4-6-8-20/h4-15,25H,3,16-17H2,1-2H3,(H,26,27). The summed E-state index contributed by atoms with van der Waals surface area (Å²) in [5.41, 5.74) is 2.76. The topological polar surface area (TPSA) is 68.8 Å². The van der Waals surface area contributed by atoms with E-state index < -0.39 is 0 Å². The van der Waals surface area contributed by atoms with E-state index >= 15 is 0 Å². The van der Waals surface area contributed by atoms with Crippen LogP contribution in [0, 0.1) is 0 Å². The van der Waals surface area contributed by atoms with Crippen molar-refractivity contribution in [1.29, 1.82) is 0 Å². The smallest absolute Gasteiger partial charge is 0.262 e. The van der Waals surface area contributed by atoms with E-state index in [-0.39, 0.29) is 12.5 Å². The van der Waals surface area contributed by atoms with Gasteiger partial charge in [-0.2, -0.15) is 0 Å². The molecule has 0 atom stereocenters. The molecule has 1 amide bonds. The third kappa shape index (κ3) is 6.17. The number of benzene rings is 3. The van der Waals surface area contributed by atoms with Crippen LogP contribution in [0.5, 0.6) is 17.2 Å². The lowest BCUT2D eigenvalue weighted by Crippen LogP contribution is -2.20. The Balaban J connectivity index is 1.54. The summed E-state index contributed by atoms with van der Waals surface area (Å²) >= 11 is 0. The molecule has 3 aromatic carbocycles. The van der Waals surface area contributed by atoms with Gasteiger partial charge >= 0.3 is 0 Å². The van der Waals surface area contributed by atoms with Gasteiger partial charge < -0.3 is 24.8 Å². The van der Waals surface area contributed by atoms with Gasteiger partial charge in [-0.15, -0.1) is 0 Å². The van der Waals surface area contributed by atoms with E-state index in [1.807, 2.05) is 79.7 Å².